The average molecular weight is 507 g/mol. The van der Waals surface area contributed by atoms with Crippen molar-refractivity contribution in [3.05, 3.63) is 39.9 Å². The second-order valence-electron chi connectivity index (χ2n) is 8.13. The molecule has 0 heterocycles. The molecule has 1 aromatic rings. The van der Waals surface area contributed by atoms with Crippen LogP contribution in [0.3, 0.4) is 0 Å². The molecule has 0 saturated heterocycles. The van der Waals surface area contributed by atoms with Gasteiger partial charge in [0, 0.05) is 24.2 Å². The Labute approximate surface area is 209 Å². The number of benzene rings is 1. The first-order chi connectivity index (χ1) is 17.0. The molecule has 1 aromatic carbocycles. The highest BCUT2D eigenvalue weighted by Gasteiger charge is 2.19. The molecule has 5 N–H and O–H groups in total. The fourth-order valence-corrected chi connectivity index (χ4v) is 2.95. The number of nitrogens with one attached hydrogen (secondary N) is 5. The molecule has 0 fully saturated rings. The monoisotopic (exact) mass is 506 g/mol. The summed E-state index contributed by atoms with van der Waals surface area (Å²) < 4.78 is 0. The van der Waals surface area contributed by atoms with Crippen molar-refractivity contribution in [3.63, 3.8) is 0 Å². The summed E-state index contributed by atoms with van der Waals surface area (Å²) in [6, 6.07) is 3.08. The van der Waals surface area contributed by atoms with Crippen LogP contribution in [0.5, 0.6) is 0 Å². The van der Waals surface area contributed by atoms with E-state index in [4.69, 9.17) is 0 Å². The van der Waals surface area contributed by atoms with Crippen molar-refractivity contribution in [2.75, 3.05) is 19.6 Å². The maximum Gasteiger partial charge on any atom is 0.269 e. The van der Waals surface area contributed by atoms with Gasteiger partial charge in [-0.25, -0.2) is 0 Å². The highest BCUT2D eigenvalue weighted by molar-refractivity contribution is 5.97. The number of non-ortho nitro benzene ring substituents is 1. The normalized spacial score (nSPS) is 12.0. The summed E-state index contributed by atoms with van der Waals surface area (Å²) in [5.41, 5.74) is -0.0436. The Morgan fingerprint density at radius 2 is 1.33 bits per heavy atom. The van der Waals surface area contributed by atoms with Gasteiger partial charge in [-0.2, -0.15) is 0 Å². The standard InChI is InChI=1S/C23H34N6O7/c1-4-5-6-7-12-24-21(32)15(2)27-19(30)13-25-22(33)16(3)28-20(31)14-26-23(34)17-8-10-18(11-9-17)29(35)36/h8-11,15-16H,4-7,12-14H2,1-3H3,(H,24,32)(H,25,33)(H,26,34)(H,27,30)(H,28,31)/t15-,16-/m0/s1. The molecule has 5 amide bonds. The summed E-state index contributed by atoms with van der Waals surface area (Å²) >= 11 is 0. The predicted octanol–water partition coefficient (Wildman–Crippen LogP) is 0.147. The van der Waals surface area contributed by atoms with Gasteiger partial charge in [0.25, 0.3) is 11.6 Å². The van der Waals surface area contributed by atoms with Crippen LogP contribution in [0.15, 0.2) is 24.3 Å². The van der Waals surface area contributed by atoms with Gasteiger partial charge in [0.2, 0.25) is 23.6 Å². The number of amides is 5. The quantitative estimate of drug-likeness (QED) is 0.127. The van der Waals surface area contributed by atoms with E-state index in [0.29, 0.717) is 6.54 Å². The molecule has 0 bridgehead atoms. The Bertz CT molecular complexity index is 935. The second kappa shape index (κ2) is 15.8. The molecule has 0 aliphatic heterocycles. The Morgan fingerprint density at radius 1 is 0.806 bits per heavy atom. The molecule has 2 atom stereocenters. The van der Waals surface area contributed by atoms with E-state index >= 15 is 0 Å². The van der Waals surface area contributed by atoms with Crippen LogP contribution in [-0.4, -0.2) is 66.2 Å². The van der Waals surface area contributed by atoms with Gasteiger partial charge in [-0.1, -0.05) is 26.2 Å². The molecule has 0 aromatic heterocycles. The number of nitro groups is 1. The number of unbranched alkanes of at least 4 members (excludes halogenated alkanes) is 3. The highest BCUT2D eigenvalue weighted by atomic mass is 16.6. The van der Waals surface area contributed by atoms with E-state index in [2.05, 4.69) is 33.5 Å². The SMILES string of the molecule is CCCCCCNC(=O)[C@H](C)NC(=O)CNC(=O)[C@H](C)NC(=O)CNC(=O)c1ccc([N+](=O)[O-])cc1. The molecule has 0 aliphatic rings. The van der Waals surface area contributed by atoms with E-state index in [1.807, 2.05) is 0 Å². The summed E-state index contributed by atoms with van der Waals surface area (Å²) in [6.45, 7) is 4.74. The Morgan fingerprint density at radius 3 is 1.86 bits per heavy atom. The van der Waals surface area contributed by atoms with Crippen LogP contribution < -0.4 is 26.6 Å². The van der Waals surface area contributed by atoms with Crippen LogP contribution in [0.2, 0.25) is 0 Å². The van der Waals surface area contributed by atoms with Gasteiger partial charge < -0.3 is 26.6 Å². The van der Waals surface area contributed by atoms with Crippen LogP contribution in [0.1, 0.15) is 56.8 Å². The molecule has 0 spiro atoms. The van der Waals surface area contributed by atoms with Gasteiger partial charge in [0.05, 0.1) is 18.0 Å². The van der Waals surface area contributed by atoms with E-state index in [1.54, 1.807) is 0 Å². The molecule has 13 heteroatoms. The number of rotatable bonds is 15. The molecule has 36 heavy (non-hydrogen) atoms. The smallest absolute Gasteiger partial charge is 0.269 e. The first kappa shape index (κ1) is 30.0. The molecule has 0 unspecified atom stereocenters. The van der Waals surface area contributed by atoms with Gasteiger partial charge in [0.15, 0.2) is 0 Å². The zero-order valence-corrected chi connectivity index (χ0v) is 20.7. The molecule has 198 valence electrons. The zero-order valence-electron chi connectivity index (χ0n) is 20.7. The highest BCUT2D eigenvalue weighted by Crippen LogP contribution is 2.11. The number of nitro benzene ring substituents is 1. The number of hydrogen-bond acceptors (Lipinski definition) is 7. The van der Waals surface area contributed by atoms with E-state index < -0.39 is 47.2 Å². The van der Waals surface area contributed by atoms with Crippen molar-refractivity contribution < 1.29 is 28.9 Å². The van der Waals surface area contributed by atoms with Crippen molar-refractivity contribution in [3.8, 4) is 0 Å². The van der Waals surface area contributed by atoms with E-state index in [1.165, 1.54) is 38.1 Å². The number of carbonyl (C=O) groups excluding carboxylic acids is 5. The third kappa shape index (κ3) is 11.4. The minimum Gasteiger partial charge on any atom is -0.354 e. The van der Waals surface area contributed by atoms with Crippen LogP contribution in [0.4, 0.5) is 5.69 Å². The van der Waals surface area contributed by atoms with Crippen molar-refractivity contribution in [2.45, 2.75) is 58.5 Å². The van der Waals surface area contributed by atoms with Gasteiger partial charge in [0.1, 0.15) is 12.1 Å². The molecular weight excluding hydrogens is 472 g/mol. The van der Waals surface area contributed by atoms with Crippen LogP contribution in [0.25, 0.3) is 0 Å². The number of nitrogens with zero attached hydrogens (tertiary/aromatic N) is 1. The van der Waals surface area contributed by atoms with Crippen LogP contribution in [0, 0.1) is 10.1 Å². The maximum atomic E-state index is 12.1. The largest absolute Gasteiger partial charge is 0.354 e. The Balaban J connectivity index is 2.32. The van der Waals surface area contributed by atoms with Crippen molar-refractivity contribution in [2.24, 2.45) is 0 Å². The minimum atomic E-state index is -0.995. The second-order valence-corrected chi connectivity index (χ2v) is 8.13. The zero-order chi connectivity index (χ0) is 27.1. The molecule has 13 nitrogen and oxygen atoms in total. The lowest BCUT2D eigenvalue weighted by atomic mass is 10.2. The van der Waals surface area contributed by atoms with Crippen LogP contribution >= 0.6 is 0 Å². The fraction of sp³-hybridized carbons (Fsp3) is 0.522. The Hall–Kier alpha value is -4.03. The van der Waals surface area contributed by atoms with Crippen LogP contribution in [-0.2, 0) is 19.2 Å². The predicted molar refractivity (Wildman–Crippen MR) is 131 cm³/mol. The lowest BCUT2D eigenvalue weighted by Gasteiger charge is -2.16. The average Bonchev–Trinajstić information content (AvgIpc) is 2.85. The summed E-state index contributed by atoms with van der Waals surface area (Å²) in [5, 5.41) is 23.0. The van der Waals surface area contributed by atoms with E-state index in [9.17, 15) is 34.1 Å². The third-order valence-corrected chi connectivity index (χ3v) is 5.04. The molecule has 0 radical (unpaired) electrons. The van der Waals surface area contributed by atoms with Gasteiger partial charge in [-0.05, 0) is 32.4 Å². The summed E-state index contributed by atoms with van der Waals surface area (Å²) in [4.78, 5) is 70.3. The Kier molecular flexibility index (Phi) is 13.2. The molecular formula is C23H34N6O7. The summed E-state index contributed by atoms with van der Waals surface area (Å²) in [5.74, 6) is -2.78. The van der Waals surface area contributed by atoms with Crippen molar-refractivity contribution in [1.29, 1.82) is 0 Å². The van der Waals surface area contributed by atoms with Gasteiger partial charge >= 0.3 is 0 Å². The topological polar surface area (TPSA) is 189 Å². The number of hydrogen-bond donors (Lipinski definition) is 5. The van der Waals surface area contributed by atoms with E-state index in [-0.39, 0.29) is 23.7 Å². The number of carbonyl (C=O) groups is 5. The molecule has 1 rings (SSSR count). The lowest BCUT2D eigenvalue weighted by molar-refractivity contribution is -0.384. The fourth-order valence-electron chi connectivity index (χ4n) is 2.95. The van der Waals surface area contributed by atoms with Crippen molar-refractivity contribution in [1.82, 2.24) is 26.6 Å². The first-order valence-electron chi connectivity index (χ1n) is 11.7. The van der Waals surface area contributed by atoms with Gasteiger partial charge in [-0.15, -0.1) is 0 Å². The van der Waals surface area contributed by atoms with E-state index in [0.717, 1.165) is 25.7 Å². The molecule has 0 saturated carbocycles. The minimum absolute atomic E-state index is 0.129. The van der Waals surface area contributed by atoms with Crippen molar-refractivity contribution >= 4 is 35.2 Å². The van der Waals surface area contributed by atoms with Gasteiger partial charge in [-0.3, -0.25) is 34.1 Å². The summed E-state index contributed by atoms with van der Waals surface area (Å²) in [6.07, 6.45) is 4.07. The lowest BCUT2D eigenvalue weighted by Crippen LogP contribution is -2.51. The molecule has 0 aliphatic carbocycles. The third-order valence-electron chi connectivity index (χ3n) is 5.04. The first-order valence-corrected chi connectivity index (χ1v) is 11.7. The summed E-state index contributed by atoms with van der Waals surface area (Å²) in [7, 11) is 0. The maximum absolute atomic E-state index is 12.1.